The van der Waals surface area contributed by atoms with E-state index in [1.165, 1.54) is 103 Å². The zero-order valence-corrected chi connectivity index (χ0v) is 30.3. The summed E-state index contributed by atoms with van der Waals surface area (Å²) in [4.78, 5) is 22.6. The maximum Gasteiger partial charge on any atom is 0.472 e. The molecule has 0 fully saturated rings. The van der Waals surface area contributed by atoms with Crippen LogP contribution in [0.3, 0.4) is 0 Å². The molecule has 0 saturated carbocycles. The number of ether oxygens (including phenoxy) is 2. The maximum atomic E-state index is 12.5. The van der Waals surface area contributed by atoms with E-state index in [2.05, 4.69) is 13.8 Å². The lowest BCUT2D eigenvalue weighted by molar-refractivity contribution is -0.870. The number of phosphoric acid groups is 1. The van der Waals surface area contributed by atoms with E-state index in [1.54, 1.807) is 6.26 Å². The maximum absolute atomic E-state index is 12.5. The highest BCUT2D eigenvalue weighted by Gasteiger charge is 2.26. The highest BCUT2D eigenvalue weighted by molar-refractivity contribution is 7.47. The Morgan fingerprint density at radius 2 is 1.18 bits per heavy atom. The van der Waals surface area contributed by atoms with Gasteiger partial charge in [-0.2, -0.15) is 0 Å². The van der Waals surface area contributed by atoms with E-state index in [0.29, 0.717) is 17.4 Å². The molecule has 1 unspecified atom stereocenters. The van der Waals surface area contributed by atoms with Crippen molar-refractivity contribution in [3.05, 3.63) is 12.3 Å². The third-order valence-corrected chi connectivity index (χ3v) is 8.66. The van der Waals surface area contributed by atoms with Crippen molar-refractivity contribution >= 4 is 13.8 Å². The van der Waals surface area contributed by atoms with Crippen LogP contribution in [0, 0.1) is 0 Å². The number of esters is 1. The average Bonchev–Trinajstić information content (AvgIpc) is 2.96. The van der Waals surface area contributed by atoms with Crippen molar-refractivity contribution in [2.24, 2.45) is 0 Å². The van der Waals surface area contributed by atoms with Gasteiger partial charge in [0.1, 0.15) is 19.8 Å². The van der Waals surface area contributed by atoms with E-state index < -0.39 is 13.9 Å². The molecular weight excluding hydrogens is 577 g/mol. The quantitative estimate of drug-likeness (QED) is 0.0249. The Labute approximate surface area is 271 Å². The number of nitrogens with zero attached hydrogens (tertiary/aromatic N) is 1. The van der Waals surface area contributed by atoms with Crippen molar-refractivity contribution in [2.45, 2.75) is 161 Å². The van der Waals surface area contributed by atoms with Gasteiger partial charge in [0.2, 0.25) is 0 Å². The third-order valence-electron chi connectivity index (χ3n) is 7.67. The molecule has 0 aliphatic rings. The Morgan fingerprint density at radius 3 is 1.68 bits per heavy atom. The molecule has 0 rings (SSSR count). The number of hydrogen-bond acceptors (Lipinski definition) is 6. The molecule has 0 aliphatic heterocycles. The Morgan fingerprint density at radius 1 is 0.705 bits per heavy atom. The Balaban J connectivity index is 4.34. The Kier molecular flexibility index (Phi) is 28.9. The van der Waals surface area contributed by atoms with Gasteiger partial charge in [-0.05, 0) is 25.3 Å². The number of phosphoric ester groups is 1. The van der Waals surface area contributed by atoms with Gasteiger partial charge in [0, 0.05) is 6.42 Å². The zero-order valence-electron chi connectivity index (χ0n) is 29.4. The second-order valence-corrected chi connectivity index (χ2v) is 14.8. The summed E-state index contributed by atoms with van der Waals surface area (Å²) in [5.41, 5.74) is 0. The summed E-state index contributed by atoms with van der Waals surface area (Å²) in [6, 6.07) is 0. The fourth-order valence-electron chi connectivity index (χ4n) is 4.81. The van der Waals surface area contributed by atoms with Crippen LogP contribution in [0.25, 0.3) is 0 Å². The number of rotatable bonds is 33. The lowest BCUT2D eigenvalue weighted by atomic mass is 10.0. The van der Waals surface area contributed by atoms with E-state index in [4.69, 9.17) is 18.5 Å². The molecule has 9 heteroatoms. The predicted molar refractivity (Wildman–Crippen MR) is 183 cm³/mol. The molecule has 0 bridgehead atoms. The van der Waals surface area contributed by atoms with E-state index in [0.717, 1.165) is 32.1 Å². The SMILES string of the molecule is CCCCCCCCCCCCCC/C=C/OC[C@@H](COP(=O)(O)OCC[N+](C)(C)C)OC(=O)CCCCCCCCCC. The van der Waals surface area contributed by atoms with Crippen molar-refractivity contribution in [3.63, 3.8) is 0 Å². The molecule has 0 spiro atoms. The van der Waals surface area contributed by atoms with Gasteiger partial charge in [-0.15, -0.1) is 0 Å². The molecule has 262 valence electrons. The van der Waals surface area contributed by atoms with Crippen LogP contribution in [0.5, 0.6) is 0 Å². The summed E-state index contributed by atoms with van der Waals surface area (Å²) < 4.78 is 34.4. The Hall–Kier alpha value is -0.920. The molecule has 0 aliphatic carbocycles. The number of hydrogen-bond donors (Lipinski definition) is 1. The van der Waals surface area contributed by atoms with Crippen molar-refractivity contribution < 1.29 is 37.3 Å². The van der Waals surface area contributed by atoms with Gasteiger partial charge < -0.3 is 18.9 Å². The monoisotopic (exact) mass is 648 g/mol. The molecule has 0 amide bonds. The van der Waals surface area contributed by atoms with Gasteiger partial charge in [0.05, 0.1) is 34.0 Å². The number of unbranched alkanes of at least 4 members (excludes halogenated alkanes) is 19. The minimum absolute atomic E-state index is 0.0526. The molecular formula is C35H71NO7P+. The standard InChI is InChI=1S/C35H70NO7P/c1-6-8-10-12-14-16-17-18-19-20-21-23-25-27-30-40-32-34(33-42-44(38,39)41-31-29-36(3,4)5)43-35(37)28-26-24-22-15-13-11-9-7-2/h27,30,34H,6-26,28-29,31-33H2,1-5H3/p+1/b30-27+/t34-/m0/s1. The highest BCUT2D eigenvalue weighted by Crippen LogP contribution is 2.43. The van der Waals surface area contributed by atoms with Gasteiger partial charge >= 0.3 is 13.8 Å². The topological polar surface area (TPSA) is 91.3 Å². The fourth-order valence-corrected chi connectivity index (χ4v) is 5.55. The van der Waals surface area contributed by atoms with Crippen molar-refractivity contribution in [3.8, 4) is 0 Å². The van der Waals surface area contributed by atoms with E-state index >= 15 is 0 Å². The Bertz CT molecular complexity index is 726. The predicted octanol–water partition coefficient (Wildman–Crippen LogP) is 9.89. The van der Waals surface area contributed by atoms with Crippen LogP contribution in [-0.2, 0) is 27.9 Å². The van der Waals surface area contributed by atoms with Crippen LogP contribution in [-0.4, -0.2) is 69.0 Å². The zero-order chi connectivity index (χ0) is 32.8. The molecule has 2 atom stereocenters. The lowest BCUT2D eigenvalue weighted by Gasteiger charge is -2.24. The van der Waals surface area contributed by atoms with Crippen LogP contribution in [0.1, 0.15) is 155 Å². The normalized spacial score (nSPS) is 14.1. The first-order valence-electron chi connectivity index (χ1n) is 18.0. The second-order valence-electron chi connectivity index (χ2n) is 13.3. The summed E-state index contributed by atoms with van der Waals surface area (Å²) in [7, 11) is 1.64. The van der Waals surface area contributed by atoms with Crippen molar-refractivity contribution in [2.75, 3.05) is 47.5 Å². The molecule has 0 heterocycles. The van der Waals surface area contributed by atoms with Crippen LogP contribution < -0.4 is 0 Å². The molecule has 0 saturated heterocycles. The van der Waals surface area contributed by atoms with Gasteiger partial charge in [0.25, 0.3) is 0 Å². The minimum Gasteiger partial charge on any atom is -0.498 e. The highest BCUT2D eigenvalue weighted by atomic mass is 31.2. The molecule has 8 nitrogen and oxygen atoms in total. The first-order chi connectivity index (χ1) is 21.1. The molecule has 0 radical (unpaired) electrons. The third kappa shape index (κ3) is 32.5. The number of allylic oxidation sites excluding steroid dienone is 1. The van der Waals surface area contributed by atoms with E-state index in [9.17, 15) is 14.3 Å². The summed E-state index contributed by atoms with van der Waals surface area (Å²) >= 11 is 0. The van der Waals surface area contributed by atoms with Crippen LogP contribution in [0.2, 0.25) is 0 Å². The minimum atomic E-state index is -4.27. The second kappa shape index (κ2) is 29.5. The van der Waals surface area contributed by atoms with Gasteiger partial charge in [-0.3, -0.25) is 13.8 Å². The lowest BCUT2D eigenvalue weighted by Crippen LogP contribution is -2.37. The first-order valence-corrected chi connectivity index (χ1v) is 19.5. The van der Waals surface area contributed by atoms with E-state index in [1.807, 2.05) is 27.2 Å². The van der Waals surface area contributed by atoms with E-state index in [-0.39, 0.29) is 25.8 Å². The smallest absolute Gasteiger partial charge is 0.472 e. The van der Waals surface area contributed by atoms with Crippen molar-refractivity contribution in [1.29, 1.82) is 0 Å². The van der Waals surface area contributed by atoms with Crippen LogP contribution >= 0.6 is 7.82 Å². The molecule has 44 heavy (non-hydrogen) atoms. The van der Waals surface area contributed by atoms with Gasteiger partial charge in [0.15, 0.2) is 6.10 Å². The molecule has 1 N–H and O–H groups in total. The summed E-state index contributed by atoms with van der Waals surface area (Å²) in [5.74, 6) is -0.340. The largest absolute Gasteiger partial charge is 0.498 e. The number of likely N-dealkylation sites (N-methyl/N-ethyl adjacent to an activating group) is 1. The number of quaternary nitrogens is 1. The van der Waals surface area contributed by atoms with Gasteiger partial charge in [-0.1, -0.05) is 129 Å². The molecule has 0 aromatic heterocycles. The first kappa shape index (κ1) is 43.1. The molecule has 0 aromatic carbocycles. The van der Waals surface area contributed by atoms with Crippen molar-refractivity contribution in [1.82, 2.24) is 0 Å². The average molecular weight is 649 g/mol. The fraction of sp³-hybridized carbons (Fsp3) is 0.914. The number of carbonyl (C=O) groups excluding carboxylic acids is 1. The van der Waals surface area contributed by atoms with Gasteiger partial charge in [-0.25, -0.2) is 4.57 Å². The summed E-state index contributed by atoms with van der Waals surface area (Å²) in [5, 5.41) is 0. The summed E-state index contributed by atoms with van der Waals surface area (Å²) in [6.45, 7) is 4.89. The van der Waals surface area contributed by atoms with Crippen LogP contribution in [0.4, 0.5) is 0 Å². The molecule has 0 aromatic rings. The van der Waals surface area contributed by atoms with Crippen LogP contribution in [0.15, 0.2) is 12.3 Å². The number of carbonyl (C=O) groups is 1. The summed E-state index contributed by atoms with van der Waals surface area (Å²) in [6.07, 6.45) is 29.1.